The highest BCUT2D eigenvalue weighted by Crippen LogP contribution is 2.27. The third kappa shape index (κ3) is 3.63. The molecule has 6 nitrogen and oxygen atoms in total. The number of carbonyl (C=O) groups excluding carboxylic acids is 1. The normalized spacial score (nSPS) is 18.2. The Labute approximate surface area is 129 Å². The van der Waals surface area contributed by atoms with E-state index in [2.05, 4.69) is 27.4 Å². The van der Waals surface area contributed by atoms with Gasteiger partial charge in [0, 0.05) is 6.08 Å². The van der Waals surface area contributed by atoms with Gasteiger partial charge in [0.25, 0.3) is 0 Å². The summed E-state index contributed by atoms with van der Waals surface area (Å²) < 4.78 is 5.23. The third-order valence-corrected chi connectivity index (χ3v) is 3.96. The van der Waals surface area contributed by atoms with Crippen molar-refractivity contribution < 1.29 is 9.21 Å². The first-order chi connectivity index (χ1) is 10.7. The molecule has 1 fully saturated rings. The zero-order valence-corrected chi connectivity index (χ0v) is 12.6. The first-order valence-corrected chi connectivity index (χ1v) is 7.63. The zero-order valence-electron chi connectivity index (χ0n) is 12.6. The van der Waals surface area contributed by atoms with Crippen LogP contribution in [0.5, 0.6) is 0 Å². The highest BCUT2D eigenvalue weighted by atomic mass is 16.3. The summed E-state index contributed by atoms with van der Waals surface area (Å²) in [6.07, 6.45) is 7.71. The maximum atomic E-state index is 11.9. The zero-order chi connectivity index (χ0) is 15.4. The van der Waals surface area contributed by atoms with E-state index in [4.69, 9.17) is 4.42 Å². The molecular weight excluding hydrogens is 280 g/mol. The molecule has 1 saturated carbocycles. The molecule has 2 aromatic rings. The molecule has 1 aliphatic carbocycles. The lowest BCUT2D eigenvalue weighted by Gasteiger charge is -2.19. The summed E-state index contributed by atoms with van der Waals surface area (Å²) in [5.41, 5.74) is 1.24. The number of amides is 1. The van der Waals surface area contributed by atoms with Crippen LogP contribution in [0.4, 0.5) is 0 Å². The van der Waals surface area contributed by atoms with Crippen LogP contribution >= 0.6 is 0 Å². The van der Waals surface area contributed by atoms with E-state index in [0.717, 1.165) is 18.8 Å². The maximum absolute atomic E-state index is 11.9. The monoisotopic (exact) mass is 300 g/mol. The number of allylic oxidation sites excluding steroid dienone is 1. The van der Waals surface area contributed by atoms with Gasteiger partial charge in [0.1, 0.15) is 5.82 Å². The molecule has 2 aromatic heterocycles. The summed E-state index contributed by atoms with van der Waals surface area (Å²) in [5, 5.41) is 9.70. The lowest BCUT2D eigenvalue weighted by molar-refractivity contribution is -0.116. The van der Waals surface area contributed by atoms with Crippen molar-refractivity contribution in [1.82, 2.24) is 20.5 Å². The summed E-state index contributed by atoms with van der Waals surface area (Å²) in [6, 6.07) is 3.57. The van der Waals surface area contributed by atoms with Crippen LogP contribution in [0.2, 0.25) is 0 Å². The van der Waals surface area contributed by atoms with Gasteiger partial charge in [-0.05, 0) is 43.7 Å². The number of nitrogens with zero attached hydrogens (tertiary/aromatic N) is 2. The van der Waals surface area contributed by atoms with Crippen molar-refractivity contribution in [3.63, 3.8) is 0 Å². The number of hydrogen-bond acceptors (Lipinski definition) is 4. The van der Waals surface area contributed by atoms with E-state index in [-0.39, 0.29) is 5.91 Å². The largest absolute Gasteiger partial charge is 0.461 e. The number of nitrogens with one attached hydrogen (secondary N) is 2. The summed E-state index contributed by atoms with van der Waals surface area (Å²) >= 11 is 0. The predicted molar refractivity (Wildman–Crippen MR) is 81.6 cm³/mol. The Morgan fingerprint density at radius 3 is 3.05 bits per heavy atom. The molecule has 22 heavy (non-hydrogen) atoms. The Kier molecular flexibility index (Phi) is 4.37. The van der Waals surface area contributed by atoms with E-state index in [9.17, 15) is 4.79 Å². The smallest absolute Gasteiger partial charge is 0.244 e. The van der Waals surface area contributed by atoms with Gasteiger partial charge in [-0.15, -0.1) is 5.10 Å². The predicted octanol–water partition coefficient (Wildman–Crippen LogP) is 2.82. The van der Waals surface area contributed by atoms with Gasteiger partial charge in [-0.25, -0.2) is 4.98 Å². The summed E-state index contributed by atoms with van der Waals surface area (Å²) in [5.74, 6) is 2.41. The fraction of sp³-hybridized carbons (Fsp3) is 0.438. The maximum Gasteiger partial charge on any atom is 0.244 e. The van der Waals surface area contributed by atoms with Crippen molar-refractivity contribution in [1.29, 1.82) is 0 Å². The quantitative estimate of drug-likeness (QED) is 0.850. The van der Waals surface area contributed by atoms with E-state index in [1.54, 1.807) is 24.5 Å². The number of H-pyrrole nitrogens is 1. The van der Waals surface area contributed by atoms with Gasteiger partial charge in [-0.3, -0.25) is 9.89 Å². The number of hydrogen-bond donors (Lipinski definition) is 2. The molecule has 116 valence electrons. The fourth-order valence-corrected chi connectivity index (χ4v) is 2.57. The minimum absolute atomic E-state index is 0.0690. The molecule has 2 N–H and O–H groups in total. The van der Waals surface area contributed by atoms with Crippen molar-refractivity contribution in [2.75, 3.05) is 0 Å². The number of rotatable bonds is 4. The molecule has 0 aromatic carbocycles. The van der Waals surface area contributed by atoms with Gasteiger partial charge >= 0.3 is 0 Å². The molecule has 0 bridgehead atoms. The van der Waals surface area contributed by atoms with Gasteiger partial charge in [0.2, 0.25) is 11.7 Å². The molecule has 6 heteroatoms. The molecule has 0 unspecified atom stereocenters. The highest BCUT2D eigenvalue weighted by molar-refractivity contribution is 5.88. The Balaban J connectivity index is 1.52. The standard InChI is InChI=1S/C16H20N4O2/c1-11-4-6-12(7-5-11)9-15(21)17-10-14-18-16(20-19-14)13-3-2-8-22-13/h2-3,8-9,11H,4-7,10H2,1H3,(H,17,21)(H,18,19,20). The van der Waals surface area contributed by atoms with Gasteiger partial charge < -0.3 is 9.73 Å². The summed E-state index contributed by atoms with van der Waals surface area (Å²) in [6.45, 7) is 2.59. The van der Waals surface area contributed by atoms with Crippen LogP contribution in [0.3, 0.4) is 0 Å². The van der Waals surface area contributed by atoms with Gasteiger partial charge in [-0.2, -0.15) is 0 Å². The molecule has 0 atom stereocenters. The van der Waals surface area contributed by atoms with Crippen molar-refractivity contribution in [3.05, 3.63) is 35.9 Å². The Morgan fingerprint density at radius 1 is 1.50 bits per heavy atom. The Morgan fingerprint density at radius 2 is 2.32 bits per heavy atom. The van der Waals surface area contributed by atoms with E-state index in [1.807, 2.05) is 0 Å². The minimum Gasteiger partial charge on any atom is -0.461 e. The molecular formula is C16H20N4O2. The number of furan rings is 1. The van der Waals surface area contributed by atoms with Crippen molar-refractivity contribution >= 4 is 5.91 Å². The second kappa shape index (κ2) is 6.60. The van der Waals surface area contributed by atoms with E-state index in [0.29, 0.717) is 24.0 Å². The first-order valence-electron chi connectivity index (χ1n) is 7.63. The van der Waals surface area contributed by atoms with Crippen LogP contribution in [0.1, 0.15) is 38.4 Å². The topological polar surface area (TPSA) is 83.8 Å². The second-order valence-electron chi connectivity index (χ2n) is 5.79. The van der Waals surface area contributed by atoms with Crippen molar-refractivity contribution in [2.45, 2.75) is 39.2 Å². The molecule has 0 radical (unpaired) electrons. The lowest BCUT2D eigenvalue weighted by Crippen LogP contribution is -2.22. The van der Waals surface area contributed by atoms with E-state index >= 15 is 0 Å². The Bertz CT molecular complexity index is 648. The van der Waals surface area contributed by atoms with Crippen LogP contribution < -0.4 is 5.32 Å². The SMILES string of the molecule is CC1CCC(=CC(=O)NCc2nc(-c3ccco3)n[nH]2)CC1. The molecule has 1 amide bonds. The molecule has 0 aliphatic heterocycles. The molecule has 2 heterocycles. The summed E-state index contributed by atoms with van der Waals surface area (Å²) in [4.78, 5) is 16.2. The number of aromatic amines is 1. The molecule has 1 aliphatic rings. The number of aromatic nitrogens is 3. The third-order valence-electron chi connectivity index (χ3n) is 3.96. The summed E-state index contributed by atoms with van der Waals surface area (Å²) in [7, 11) is 0. The number of carbonyl (C=O) groups is 1. The molecule has 0 saturated heterocycles. The van der Waals surface area contributed by atoms with Gasteiger partial charge in [0.05, 0.1) is 12.8 Å². The van der Waals surface area contributed by atoms with Crippen LogP contribution in [-0.2, 0) is 11.3 Å². The first kappa shape index (κ1) is 14.6. The average molecular weight is 300 g/mol. The lowest BCUT2D eigenvalue weighted by atomic mass is 9.87. The second-order valence-corrected chi connectivity index (χ2v) is 5.79. The average Bonchev–Trinajstić information content (AvgIpc) is 3.18. The van der Waals surface area contributed by atoms with Gasteiger partial charge in [-0.1, -0.05) is 12.5 Å². The van der Waals surface area contributed by atoms with E-state index in [1.165, 1.54) is 18.4 Å². The van der Waals surface area contributed by atoms with Crippen molar-refractivity contribution in [2.24, 2.45) is 5.92 Å². The van der Waals surface area contributed by atoms with Gasteiger partial charge in [0.15, 0.2) is 5.76 Å². The van der Waals surface area contributed by atoms with Crippen molar-refractivity contribution in [3.8, 4) is 11.6 Å². The minimum atomic E-state index is -0.0690. The molecule has 3 rings (SSSR count). The van der Waals surface area contributed by atoms with Crippen LogP contribution in [0.15, 0.2) is 34.5 Å². The van der Waals surface area contributed by atoms with E-state index < -0.39 is 0 Å². The van der Waals surface area contributed by atoms with Crippen LogP contribution in [0, 0.1) is 5.92 Å². The van der Waals surface area contributed by atoms with Crippen LogP contribution in [0.25, 0.3) is 11.6 Å². The Hall–Kier alpha value is -2.37. The fourth-order valence-electron chi connectivity index (χ4n) is 2.57. The highest BCUT2D eigenvalue weighted by Gasteiger charge is 2.13. The van der Waals surface area contributed by atoms with Crippen LogP contribution in [-0.4, -0.2) is 21.1 Å². The molecule has 0 spiro atoms.